The Morgan fingerprint density at radius 1 is 0.818 bits per heavy atom. The van der Waals surface area contributed by atoms with Gasteiger partial charge in [-0.2, -0.15) is 0 Å². The van der Waals surface area contributed by atoms with Crippen LogP contribution in [-0.4, -0.2) is 52.7 Å². The van der Waals surface area contributed by atoms with E-state index in [-0.39, 0.29) is 17.7 Å². The van der Waals surface area contributed by atoms with Crippen molar-refractivity contribution >= 4 is 22.6 Å². The van der Waals surface area contributed by atoms with E-state index in [2.05, 4.69) is 14.8 Å². The molecule has 2 saturated heterocycles. The lowest BCUT2D eigenvalue weighted by atomic mass is 9.90. The summed E-state index contributed by atoms with van der Waals surface area (Å²) < 4.78 is 0. The summed E-state index contributed by atoms with van der Waals surface area (Å²) in [5, 5.41) is 0.967. The van der Waals surface area contributed by atoms with Crippen LogP contribution in [0.4, 0.5) is 0 Å². The zero-order valence-electron chi connectivity index (χ0n) is 19.2. The third kappa shape index (κ3) is 4.60. The van der Waals surface area contributed by atoms with Crippen molar-refractivity contribution in [3.8, 4) is 0 Å². The molecule has 1 amide bonds. The highest BCUT2D eigenvalue weighted by atomic mass is 16.2. The summed E-state index contributed by atoms with van der Waals surface area (Å²) in [7, 11) is 0. The van der Waals surface area contributed by atoms with Crippen molar-refractivity contribution in [1.29, 1.82) is 0 Å². The maximum absolute atomic E-state index is 13.9. The van der Waals surface area contributed by atoms with Crippen molar-refractivity contribution < 1.29 is 9.59 Å². The van der Waals surface area contributed by atoms with Crippen LogP contribution in [0, 0.1) is 5.92 Å². The van der Waals surface area contributed by atoms with E-state index < -0.39 is 0 Å². The number of likely N-dealkylation sites (tertiary alicyclic amines) is 2. The fourth-order valence-electron chi connectivity index (χ4n) is 5.54. The number of hydrogen-bond acceptors (Lipinski definition) is 3. The van der Waals surface area contributed by atoms with Crippen molar-refractivity contribution in [2.24, 2.45) is 5.92 Å². The van der Waals surface area contributed by atoms with Crippen LogP contribution in [-0.2, 0) is 4.79 Å². The van der Waals surface area contributed by atoms with Crippen molar-refractivity contribution in [3.05, 3.63) is 71.9 Å². The largest absolute Gasteiger partial charge is 0.360 e. The highest BCUT2D eigenvalue weighted by molar-refractivity contribution is 6.10. The lowest BCUT2D eigenvalue weighted by molar-refractivity contribution is -0.137. The number of aromatic amines is 1. The summed E-state index contributed by atoms with van der Waals surface area (Å²) in [5.41, 5.74) is 2.74. The van der Waals surface area contributed by atoms with E-state index in [1.807, 2.05) is 60.8 Å². The molecule has 33 heavy (non-hydrogen) atoms. The number of carbonyl (C=O) groups is 2. The number of ketones is 1. The number of hydrogen-bond donors (Lipinski definition) is 1. The molecule has 3 heterocycles. The lowest BCUT2D eigenvalue weighted by Crippen LogP contribution is -2.45. The summed E-state index contributed by atoms with van der Waals surface area (Å²) in [6.07, 6.45) is 8.20. The summed E-state index contributed by atoms with van der Waals surface area (Å²) in [6.45, 7) is 3.34. The maximum Gasteiger partial charge on any atom is 0.225 e. The fourth-order valence-corrected chi connectivity index (χ4v) is 5.54. The van der Waals surface area contributed by atoms with Gasteiger partial charge in [0.1, 0.15) is 0 Å². The highest BCUT2D eigenvalue weighted by Gasteiger charge is 2.35. The summed E-state index contributed by atoms with van der Waals surface area (Å²) in [4.78, 5) is 34.7. The molecule has 3 aromatic rings. The Kier molecular flexibility index (Phi) is 6.58. The van der Waals surface area contributed by atoms with Gasteiger partial charge in [0, 0.05) is 41.7 Å². The Labute approximate surface area is 195 Å². The highest BCUT2D eigenvalue weighted by Crippen LogP contribution is 2.32. The van der Waals surface area contributed by atoms with Gasteiger partial charge in [-0.15, -0.1) is 0 Å². The van der Waals surface area contributed by atoms with Crippen LogP contribution < -0.4 is 0 Å². The molecule has 0 spiro atoms. The van der Waals surface area contributed by atoms with Gasteiger partial charge in [-0.3, -0.25) is 14.5 Å². The number of Topliss-reactive ketones (excluding diaryl/α,β-unsaturated/α-hetero) is 1. The molecule has 172 valence electrons. The van der Waals surface area contributed by atoms with Gasteiger partial charge in [0.15, 0.2) is 5.78 Å². The maximum atomic E-state index is 13.9. The minimum absolute atomic E-state index is 0.0824. The number of H-pyrrole nitrogens is 1. The molecular weight excluding hydrogens is 410 g/mol. The quantitative estimate of drug-likeness (QED) is 0.551. The molecule has 5 nitrogen and oxygen atoms in total. The number of nitrogens with one attached hydrogen (secondary N) is 1. The summed E-state index contributed by atoms with van der Waals surface area (Å²) in [6, 6.07) is 17.7. The fraction of sp³-hybridized carbons (Fsp3) is 0.429. The van der Waals surface area contributed by atoms with Gasteiger partial charge in [0.25, 0.3) is 0 Å². The second-order valence-corrected chi connectivity index (χ2v) is 9.48. The van der Waals surface area contributed by atoms with E-state index in [4.69, 9.17) is 0 Å². The molecule has 1 N–H and O–H groups in total. The molecule has 0 radical (unpaired) electrons. The average Bonchev–Trinajstić information content (AvgIpc) is 3.11. The number of amides is 1. The summed E-state index contributed by atoms with van der Waals surface area (Å²) >= 11 is 0. The van der Waals surface area contributed by atoms with Crippen molar-refractivity contribution in [1.82, 2.24) is 14.8 Å². The van der Waals surface area contributed by atoms with E-state index in [9.17, 15) is 9.59 Å². The number of fused-ring (bicyclic) bond motifs is 1. The number of aromatic nitrogens is 1. The standard InChI is InChI=1S/C28H33N3O2/c32-27(24-20-29-25-13-7-6-12-23(24)25)26(21-10-4-3-5-11-21)30-18-14-22(15-19-30)28(33)31-16-8-1-2-9-17-31/h3-7,10-13,20,22,26,29H,1-2,8-9,14-19H2/t26-/m1/s1. The zero-order chi connectivity index (χ0) is 22.6. The second kappa shape index (κ2) is 9.92. The smallest absolute Gasteiger partial charge is 0.225 e. The minimum Gasteiger partial charge on any atom is -0.360 e. The zero-order valence-corrected chi connectivity index (χ0v) is 19.2. The molecule has 2 aromatic carbocycles. The normalized spacial score (nSPS) is 19.3. The molecule has 1 aromatic heterocycles. The third-order valence-corrected chi connectivity index (χ3v) is 7.38. The van der Waals surface area contributed by atoms with Gasteiger partial charge < -0.3 is 9.88 Å². The monoisotopic (exact) mass is 443 g/mol. The van der Waals surface area contributed by atoms with E-state index in [1.54, 1.807) is 0 Å². The first-order chi connectivity index (χ1) is 16.2. The van der Waals surface area contributed by atoms with E-state index in [0.29, 0.717) is 5.91 Å². The Morgan fingerprint density at radius 3 is 2.21 bits per heavy atom. The number of nitrogens with zero attached hydrogens (tertiary/aromatic N) is 2. The van der Waals surface area contributed by atoms with Crippen LogP contribution in [0.2, 0.25) is 0 Å². The molecule has 5 heteroatoms. The number of para-hydroxylation sites is 1. The van der Waals surface area contributed by atoms with Crippen molar-refractivity contribution in [2.75, 3.05) is 26.2 Å². The molecule has 0 bridgehead atoms. The molecular formula is C28H33N3O2. The van der Waals surface area contributed by atoms with Crippen LogP contribution >= 0.6 is 0 Å². The minimum atomic E-state index is -0.334. The first-order valence-corrected chi connectivity index (χ1v) is 12.4. The van der Waals surface area contributed by atoms with E-state index in [0.717, 1.165) is 73.9 Å². The number of rotatable bonds is 5. The van der Waals surface area contributed by atoms with Crippen LogP contribution in [0.25, 0.3) is 10.9 Å². The van der Waals surface area contributed by atoms with E-state index >= 15 is 0 Å². The summed E-state index contributed by atoms with van der Waals surface area (Å²) in [5.74, 6) is 0.533. The Bertz CT molecular complexity index is 1090. The topological polar surface area (TPSA) is 56.4 Å². The molecule has 2 aliphatic heterocycles. The second-order valence-electron chi connectivity index (χ2n) is 9.48. The average molecular weight is 444 g/mol. The molecule has 0 saturated carbocycles. The molecule has 0 unspecified atom stereocenters. The Balaban J connectivity index is 1.35. The van der Waals surface area contributed by atoms with Gasteiger partial charge in [-0.25, -0.2) is 0 Å². The SMILES string of the molecule is O=C(c1c[nH]c2ccccc12)[C@@H](c1ccccc1)N1CCC(C(=O)N2CCCCCC2)CC1. The molecule has 1 atom stereocenters. The Morgan fingerprint density at radius 2 is 1.48 bits per heavy atom. The van der Waals surface area contributed by atoms with Gasteiger partial charge in [-0.05, 0) is 50.4 Å². The predicted octanol–water partition coefficient (Wildman–Crippen LogP) is 5.21. The first kappa shape index (κ1) is 21.9. The van der Waals surface area contributed by atoms with Crippen LogP contribution in [0.1, 0.15) is 60.5 Å². The molecule has 0 aliphatic carbocycles. The third-order valence-electron chi connectivity index (χ3n) is 7.38. The van der Waals surface area contributed by atoms with Crippen LogP contribution in [0.5, 0.6) is 0 Å². The number of carbonyl (C=O) groups excluding carboxylic acids is 2. The number of piperidine rings is 1. The van der Waals surface area contributed by atoms with Gasteiger partial charge in [0.2, 0.25) is 5.91 Å². The van der Waals surface area contributed by atoms with Gasteiger partial charge in [0.05, 0.1) is 6.04 Å². The molecule has 2 fully saturated rings. The van der Waals surface area contributed by atoms with Gasteiger partial charge in [-0.1, -0.05) is 61.4 Å². The number of benzene rings is 2. The molecule has 2 aliphatic rings. The van der Waals surface area contributed by atoms with Gasteiger partial charge >= 0.3 is 0 Å². The van der Waals surface area contributed by atoms with Crippen LogP contribution in [0.3, 0.4) is 0 Å². The van der Waals surface area contributed by atoms with Crippen molar-refractivity contribution in [2.45, 2.75) is 44.6 Å². The van der Waals surface area contributed by atoms with E-state index in [1.165, 1.54) is 12.8 Å². The Hall–Kier alpha value is -2.92. The van der Waals surface area contributed by atoms with Crippen LogP contribution in [0.15, 0.2) is 60.8 Å². The lowest BCUT2D eigenvalue weighted by Gasteiger charge is -2.38. The van der Waals surface area contributed by atoms with Crippen molar-refractivity contribution in [3.63, 3.8) is 0 Å². The first-order valence-electron chi connectivity index (χ1n) is 12.4. The predicted molar refractivity (Wildman–Crippen MR) is 131 cm³/mol. The molecule has 5 rings (SSSR count).